The van der Waals surface area contributed by atoms with Crippen LogP contribution < -0.4 is 5.32 Å². The molecule has 2 saturated heterocycles. The van der Waals surface area contributed by atoms with Gasteiger partial charge in [0, 0.05) is 29.2 Å². The Morgan fingerprint density at radius 2 is 2.00 bits per heavy atom. The monoisotopic (exact) mass is 372 g/mol. The molecule has 1 aromatic rings. The summed E-state index contributed by atoms with van der Waals surface area (Å²) in [6.45, 7) is 2.96. The molecule has 1 unspecified atom stereocenters. The van der Waals surface area contributed by atoms with Crippen molar-refractivity contribution in [3.63, 3.8) is 0 Å². The zero-order valence-electron chi connectivity index (χ0n) is 12.1. The number of carbonyl (C=O) groups is 1. The van der Waals surface area contributed by atoms with Gasteiger partial charge in [-0.05, 0) is 56.3 Å². The first kappa shape index (κ1) is 16.8. The van der Waals surface area contributed by atoms with Gasteiger partial charge in [0.15, 0.2) is 0 Å². The fourth-order valence-electron chi connectivity index (χ4n) is 3.42. The van der Waals surface area contributed by atoms with Gasteiger partial charge in [0.05, 0.1) is 0 Å². The molecule has 116 valence electrons. The third-order valence-corrected chi connectivity index (χ3v) is 5.06. The lowest BCUT2D eigenvalue weighted by atomic mass is 9.88. The Hall–Kier alpha value is -0.580. The molecule has 1 aromatic carbocycles. The summed E-state index contributed by atoms with van der Waals surface area (Å²) < 4.78 is 0.966. The predicted octanol–water partition coefficient (Wildman–Crippen LogP) is 3.48. The number of rotatable bonds is 2. The van der Waals surface area contributed by atoms with E-state index in [0.29, 0.717) is 6.04 Å². The van der Waals surface area contributed by atoms with Crippen molar-refractivity contribution in [2.24, 2.45) is 5.92 Å². The summed E-state index contributed by atoms with van der Waals surface area (Å²) in [4.78, 5) is 14.5. The van der Waals surface area contributed by atoms with E-state index in [1.807, 2.05) is 29.2 Å². The summed E-state index contributed by atoms with van der Waals surface area (Å²) in [5.74, 6) is 0.924. The van der Waals surface area contributed by atoms with Gasteiger partial charge >= 0.3 is 0 Å². The topological polar surface area (TPSA) is 32.3 Å². The van der Waals surface area contributed by atoms with Gasteiger partial charge < -0.3 is 10.2 Å². The zero-order chi connectivity index (χ0) is 13.9. The Morgan fingerprint density at radius 1 is 1.24 bits per heavy atom. The number of benzene rings is 1. The lowest BCUT2D eigenvalue weighted by Gasteiger charge is -2.35. The average molecular weight is 374 g/mol. The summed E-state index contributed by atoms with van der Waals surface area (Å²) >= 11 is 3.43. The van der Waals surface area contributed by atoms with E-state index in [2.05, 4.69) is 21.2 Å². The number of hydrogen-bond donors (Lipinski definition) is 1. The number of piperidine rings is 1. The highest BCUT2D eigenvalue weighted by molar-refractivity contribution is 9.10. The van der Waals surface area contributed by atoms with Gasteiger partial charge in [0.1, 0.15) is 0 Å². The van der Waals surface area contributed by atoms with Crippen LogP contribution in [0.4, 0.5) is 0 Å². The number of amides is 1. The van der Waals surface area contributed by atoms with Crippen molar-refractivity contribution in [3.8, 4) is 0 Å². The van der Waals surface area contributed by atoms with Crippen LogP contribution in [0.25, 0.3) is 0 Å². The predicted molar refractivity (Wildman–Crippen MR) is 91.0 cm³/mol. The highest BCUT2D eigenvalue weighted by Crippen LogP contribution is 2.26. The molecule has 2 fully saturated rings. The third-order valence-electron chi connectivity index (χ3n) is 4.57. The van der Waals surface area contributed by atoms with Crippen LogP contribution >= 0.6 is 28.3 Å². The van der Waals surface area contributed by atoms with E-state index >= 15 is 0 Å². The number of hydrogen-bond acceptors (Lipinski definition) is 2. The number of carbonyl (C=O) groups excluding carboxylic acids is 1. The highest BCUT2D eigenvalue weighted by Gasteiger charge is 2.30. The molecule has 1 atom stereocenters. The first-order chi connectivity index (χ1) is 9.74. The molecule has 2 aliphatic heterocycles. The minimum atomic E-state index is 0. The molecule has 3 rings (SSSR count). The van der Waals surface area contributed by atoms with Crippen LogP contribution in [0.3, 0.4) is 0 Å². The molecule has 0 aliphatic carbocycles. The van der Waals surface area contributed by atoms with Crippen molar-refractivity contribution in [1.29, 1.82) is 0 Å². The summed E-state index contributed by atoms with van der Waals surface area (Å²) in [5, 5.41) is 3.60. The quantitative estimate of drug-likeness (QED) is 0.861. The largest absolute Gasteiger partial charge is 0.339 e. The van der Waals surface area contributed by atoms with Crippen LogP contribution in [0.15, 0.2) is 28.7 Å². The molecule has 0 radical (unpaired) electrons. The fraction of sp³-hybridized carbons (Fsp3) is 0.562. The maximum absolute atomic E-state index is 12.5. The van der Waals surface area contributed by atoms with Gasteiger partial charge in [-0.1, -0.05) is 22.0 Å². The van der Waals surface area contributed by atoms with Crippen LogP contribution in [0.2, 0.25) is 0 Å². The van der Waals surface area contributed by atoms with Crippen molar-refractivity contribution < 1.29 is 4.79 Å². The van der Waals surface area contributed by atoms with Gasteiger partial charge in [0.25, 0.3) is 5.91 Å². The standard InChI is InChI=1S/C16H21BrN2O.ClH/c17-14-4-1-3-13(11-14)16(20)19-9-6-12(7-10-19)15-5-2-8-18-15;/h1,3-4,11-12,15,18H,2,5-10H2;1H. The Morgan fingerprint density at radius 3 is 2.62 bits per heavy atom. The zero-order valence-corrected chi connectivity index (χ0v) is 14.5. The molecule has 2 aliphatic rings. The van der Waals surface area contributed by atoms with E-state index < -0.39 is 0 Å². The molecule has 1 N–H and O–H groups in total. The molecule has 21 heavy (non-hydrogen) atoms. The van der Waals surface area contributed by atoms with Crippen LogP contribution in [0.1, 0.15) is 36.0 Å². The summed E-state index contributed by atoms with van der Waals surface area (Å²) in [6, 6.07) is 8.38. The molecule has 0 aromatic heterocycles. The molecule has 5 heteroatoms. The summed E-state index contributed by atoms with van der Waals surface area (Å²) in [5.41, 5.74) is 0.789. The SMILES string of the molecule is Cl.O=C(c1cccc(Br)c1)N1CCC(C2CCCN2)CC1. The lowest BCUT2D eigenvalue weighted by Crippen LogP contribution is -2.43. The van der Waals surface area contributed by atoms with Gasteiger partial charge in [-0.3, -0.25) is 4.79 Å². The van der Waals surface area contributed by atoms with E-state index in [9.17, 15) is 4.79 Å². The smallest absolute Gasteiger partial charge is 0.253 e. The number of halogens is 2. The van der Waals surface area contributed by atoms with Crippen molar-refractivity contribution in [3.05, 3.63) is 34.3 Å². The molecular weight excluding hydrogens is 352 g/mol. The maximum atomic E-state index is 12.5. The van der Waals surface area contributed by atoms with E-state index in [0.717, 1.165) is 41.9 Å². The van der Waals surface area contributed by atoms with Crippen molar-refractivity contribution in [2.45, 2.75) is 31.7 Å². The van der Waals surface area contributed by atoms with E-state index in [1.54, 1.807) is 0 Å². The van der Waals surface area contributed by atoms with Crippen molar-refractivity contribution in [1.82, 2.24) is 10.2 Å². The minimum Gasteiger partial charge on any atom is -0.339 e. The second-order valence-electron chi connectivity index (χ2n) is 5.84. The normalized spacial score (nSPS) is 22.9. The molecule has 3 nitrogen and oxygen atoms in total. The number of nitrogens with one attached hydrogen (secondary N) is 1. The second kappa shape index (κ2) is 7.61. The molecule has 2 heterocycles. The van der Waals surface area contributed by atoms with Gasteiger partial charge in [0.2, 0.25) is 0 Å². The molecule has 1 amide bonds. The molecule has 0 saturated carbocycles. The van der Waals surface area contributed by atoms with Crippen molar-refractivity contribution in [2.75, 3.05) is 19.6 Å². The van der Waals surface area contributed by atoms with Crippen LogP contribution in [-0.4, -0.2) is 36.5 Å². The summed E-state index contributed by atoms with van der Waals surface area (Å²) in [6.07, 6.45) is 4.89. The van der Waals surface area contributed by atoms with E-state index in [1.165, 1.54) is 19.4 Å². The Kier molecular flexibility index (Phi) is 6.08. The first-order valence-electron chi connectivity index (χ1n) is 7.52. The van der Waals surface area contributed by atoms with Crippen LogP contribution in [0, 0.1) is 5.92 Å². The van der Waals surface area contributed by atoms with Crippen LogP contribution in [-0.2, 0) is 0 Å². The highest BCUT2D eigenvalue weighted by atomic mass is 79.9. The van der Waals surface area contributed by atoms with E-state index in [4.69, 9.17) is 0 Å². The number of likely N-dealkylation sites (tertiary alicyclic amines) is 1. The van der Waals surface area contributed by atoms with Gasteiger partial charge in [-0.2, -0.15) is 0 Å². The average Bonchev–Trinajstić information content (AvgIpc) is 3.01. The van der Waals surface area contributed by atoms with Crippen LogP contribution in [0.5, 0.6) is 0 Å². The van der Waals surface area contributed by atoms with E-state index in [-0.39, 0.29) is 18.3 Å². The molecule has 0 bridgehead atoms. The Labute approximate surface area is 141 Å². The Bertz CT molecular complexity index is 483. The minimum absolute atomic E-state index is 0. The fourth-order valence-corrected chi connectivity index (χ4v) is 3.82. The maximum Gasteiger partial charge on any atom is 0.253 e. The molecule has 0 spiro atoms. The number of nitrogens with zero attached hydrogens (tertiary/aromatic N) is 1. The third kappa shape index (κ3) is 3.99. The van der Waals surface area contributed by atoms with Crippen molar-refractivity contribution >= 4 is 34.2 Å². The van der Waals surface area contributed by atoms with Gasteiger partial charge in [-0.25, -0.2) is 0 Å². The summed E-state index contributed by atoms with van der Waals surface area (Å²) in [7, 11) is 0. The molecular formula is C16H22BrClN2O. The Balaban J connectivity index is 0.00000161. The second-order valence-corrected chi connectivity index (χ2v) is 6.76. The first-order valence-corrected chi connectivity index (χ1v) is 8.31. The van der Waals surface area contributed by atoms with Gasteiger partial charge in [-0.15, -0.1) is 12.4 Å². The lowest BCUT2D eigenvalue weighted by molar-refractivity contribution is 0.0674.